The summed E-state index contributed by atoms with van der Waals surface area (Å²) < 4.78 is 14.8. The number of allylic oxidation sites excluding steroid dienone is 1. The second-order valence-electron chi connectivity index (χ2n) is 4.92. The number of nitrogens with zero attached hydrogens (tertiary/aromatic N) is 1. The van der Waals surface area contributed by atoms with Gasteiger partial charge >= 0.3 is 11.9 Å². The number of carbonyl (C=O) groups excluding carboxylic acids is 2. The molecule has 2 rings (SSSR count). The fourth-order valence-corrected chi connectivity index (χ4v) is 2.46. The van der Waals surface area contributed by atoms with Gasteiger partial charge in [0.05, 0.1) is 25.7 Å². The molecule has 7 nitrogen and oxygen atoms in total. The van der Waals surface area contributed by atoms with Crippen LogP contribution in [-0.2, 0) is 23.8 Å². The molecule has 1 aliphatic rings. The van der Waals surface area contributed by atoms with Crippen molar-refractivity contribution < 1.29 is 23.8 Å². The maximum atomic E-state index is 12.3. The summed E-state index contributed by atoms with van der Waals surface area (Å²) in [5, 5.41) is 9.45. The topological polar surface area (TPSA) is 112 Å². The molecule has 0 saturated heterocycles. The van der Waals surface area contributed by atoms with Crippen molar-refractivity contribution in [3.63, 3.8) is 0 Å². The van der Waals surface area contributed by atoms with Crippen LogP contribution in [0.2, 0.25) is 0 Å². The lowest BCUT2D eigenvalue weighted by Gasteiger charge is -2.27. The SMILES string of the molecule is COC(=O)CC1=C(C(=O)OC)[C@H](c2ccccc2)C(C#N)=C(N)O1. The van der Waals surface area contributed by atoms with E-state index in [1.54, 1.807) is 30.3 Å². The minimum atomic E-state index is -0.781. The van der Waals surface area contributed by atoms with Crippen LogP contribution >= 0.6 is 0 Å². The first-order chi connectivity index (χ1) is 11.5. The molecule has 0 bridgehead atoms. The summed E-state index contributed by atoms with van der Waals surface area (Å²) in [7, 11) is 2.43. The van der Waals surface area contributed by atoms with Gasteiger partial charge < -0.3 is 19.9 Å². The van der Waals surface area contributed by atoms with Gasteiger partial charge in [-0.2, -0.15) is 5.26 Å². The van der Waals surface area contributed by atoms with Crippen LogP contribution in [0, 0.1) is 11.3 Å². The Labute approximate surface area is 138 Å². The third-order valence-electron chi connectivity index (χ3n) is 3.57. The van der Waals surface area contributed by atoms with Gasteiger partial charge in [0.2, 0.25) is 5.88 Å². The lowest BCUT2D eigenvalue weighted by molar-refractivity contribution is -0.140. The van der Waals surface area contributed by atoms with Gasteiger partial charge in [0.25, 0.3) is 0 Å². The van der Waals surface area contributed by atoms with E-state index in [0.717, 1.165) is 0 Å². The number of carbonyl (C=O) groups is 2. The van der Waals surface area contributed by atoms with Crippen molar-refractivity contribution in [2.75, 3.05) is 14.2 Å². The molecule has 0 unspecified atom stereocenters. The molecule has 1 heterocycles. The van der Waals surface area contributed by atoms with Crippen LogP contribution in [0.4, 0.5) is 0 Å². The van der Waals surface area contributed by atoms with Crippen LogP contribution < -0.4 is 5.73 Å². The van der Waals surface area contributed by atoms with Gasteiger partial charge in [0, 0.05) is 0 Å². The highest BCUT2D eigenvalue weighted by molar-refractivity contribution is 5.93. The Balaban J connectivity index is 2.65. The van der Waals surface area contributed by atoms with E-state index in [4.69, 9.17) is 15.2 Å². The molecule has 1 aromatic carbocycles. The standard InChI is InChI=1S/C17H16N2O5/c1-22-13(20)8-12-15(17(21)23-2)14(10-6-4-3-5-7-10)11(9-18)16(19)24-12/h3-7,14H,8,19H2,1-2H3/t14-/m1/s1. The summed E-state index contributed by atoms with van der Waals surface area (Å²) in [6.07, 6.45) is -0.302. The van der Waals surface area contributed by atoms with Gasteiger partial charge in [-0.3, -0.25) is 4.79 Å². The van der Waals surface area contributed by atoms with Crippen molar-refractivity contribution in [2.45, 2.75) is 12.3 Å². The molecule has 0 aromatic heterocycles. The van der Waals surface area contributed by atoms with Gasteiger partial charge in [-0.1, -0.05) is 30.3 Å². The maximum absolute atomic E-state index is 12.3. The van der Waals surface area contributed by atoms with E-state index in [2.05, 4.69) is 4.74 Å². The summed E-state index contributed by atoms with van der Waals surface area (Å²) >= 11 is 0. The van der Waals surface area contributed by atoms with E-state index in [1.165, 1.54) is 14.2 Å². The van der Waals surface area contributed by atoms with Crippen molar-refractivity contribution >= 4 is 11.9 Å². The zero-order valence-electron chi connectivity index (χ0n) is 13.2. The fraction of sp³-hybridized carbons (Fsp3) is 0.235. The van der Waals surface area contributed by atoms with E-state index in [1.807, 2.05) is 6.07 Å². The van der Waals surface area contributed by atoms with Gasteiger partial charge in [0.1, 0.15) is 23.8 Å². The number of ether oxygens (including phenoxy) is 3. The summed E-state index contributed by atoms with van der Waals surface area (Å²) in [4.78, 5) is 23.9. The first-order valence-corrected chi connectivity index (χ1v) is 7.04. The van der Waals surface area contributed by atoms with Crippen molar-refractivity contribution in [1.82, 2.24) is 0 Å². The van der Waals surface area contributed by atoms with Crippen molar-refractivity contribution in [1.29, 1.82) is 5.26 Å². The Hall–Kier alpha value is -3.27. The van der Waals surface area contributed by atoms with E-state index in [0.29, 0.717) is 5.56 Å². The van der Waals surface area contributed by atoms with E-state index >= 15 is 0 Å². The van der Waals surface area contributed by atoms with Gasteiger partial charge in [-0.25, -0.2) is 4.79 Å². The fourth-order valence-electron chi connectivity index (χ4n) is 2.46. The molecule has 0 aliphatic carbocycles. The molecule has 1 aromatic rings. The number of nitriles is 1. The quantitative estimate of drug-likeness (QED) is 0.833. The monoisotopic (exact) mass is 328 g/mol. The van der Waals surface area contributed by atoms with Gasteiger partial charge in [-0.15, -0.1) is 0 Å². The Morgan fingerprint density at radius 2 is 1.92 bits per heavy atom. The molecule has 0 spiro atoms. The van der Waals surface area contributed by atoms with Gasteiger partial charge in [-0.05, 0) is 5.56 Å². The highest BCUT2D eigenvalue weighted by atomic mass is 16.5. The number of rotatable bonds is 4. The first-order valence-electron chi connectivity index (χ1n) is 7.04. The zero-order valence-corrected chi connectivity index (χ0v) is 13.2. The van der Waals surface area contributed by atoms with Crippen molar-refractivity contribution in [3.8, 4) is 6.07 Å². The van der Waals surface area contributed by atoms with Crippen LogP contribution in [0.5, 0.6) is 0 Å². The largest absolute Gasteiger partial charge is 0.469 e. The molecule has 124 valence electrons. The number of methoxy groups -OCH3 is 2. The highest BCUT2D eigenvalue weighted by Gasteiger charge is 2.38. The molecule has 1 atom stereocenters. The van der Waals surface area contributed by atoms with Crippen molar-refractivity contribution in [2.24, 2.45) is 5.73 Å². The van der Waals surface area contributed by atoms with Crippen LogP contribution in [0.3, 0.4) is 0 Å². The molecular formula is C17H16N2O5. The predicted octanol–water partition coefficient (Wildman–Crippen LogP) is 1.48. The summed E-state index contributed by atoms with van der Waals surface area (Å²) in [5.41, 5.74) is 6.62. The average Bonchev–Trinajstić information content (AvgIpc) is 2.61. The molecule has 0 amide bonds. The van der Waals surface area contributed by atoms with Gasteiger partial charge in [0.15, 0.2) is 0 Å². The number of hydrogen-bond acceptors (Lipinski definition) is 7. The lowest BCUT2D eigenvalue weighted by atomic mass is 9.82. The average molecular weight is 328 g/mol. The predicted molar refractivity (Wildman–Crippen MR) is 82.8 cm³/mol. The third kappa shape index (κ3) is 3.22. The number of nitrogens with two attached hydrogens (primary N) is 1. The molecule has 0 radical (unpaired) electrons. The summed E-state index contributed by atoms with van der Waals surface area (Å²) in [5.74, 6) is -2.23. The molecule has 0 saturated carbocycles. The maximum Gasteiger partial charge on any atom is 0.338 e. The third-order valence-corrected chi connectivity index (χ3v) is 3.57. The Morgan fingerprint density at radius 3 is 2.46 bits per heavy atom. The van der Waals surface area contributed by atoms with E-state index in [9.17, 15) is 14.9 Å². The molecule has 24 heavy (non-hydrogen) atoms. The molecule has 7 heteroatoms. The second kappa shape index (κ2) is 7.33. The van der Waals surface area contributed by atoms with Crippen LogP contribution in [-0.4, -0.2) is 26.2 Å². The normalized spacial score (nSPS) is 17.0. The molecular weight excluding hydrogens is 312 g/mol. The zero-order chi connectivity index (χ0) is 17.7. The second-order valence-corrected chi connectivity index (χ2v) is 4.92. The number of hydrogen-bond donors (Lipinski definition) is 1. The summed E-state index contributed by atoms with van der Waals surface area (Å²) in [6.45, 7) is 0. The first kappa shape index (κ1) is 17.1. The van der Waals surface area contributed by atoms with Crippen LogP contribution in [0.15, 0.2) is 53.1 Å². The Morgan fingerprint density at radius 1 is 1.25 bits per heavy atom. The number of esters is 2. The van der Waals surface area contributed by atoms with Crippen molar-refractivity contribution in [3.05, 3.63) is 58.7 Å². The molecule has 1 aliphatic heterocycles. The van der Waals surface area contributed by atoms with Crippen LogP contribution in [0.1, 0.15) is 17.9 Å². The van der Waals surface area contributed by atoms with E-state index in [-0.39, 0.29) is 29.2 Å². The lowest BCUT2D eigenvalue weighted by Crippen LogP contribution is -2.26. The Kier molecular flexibility index (Phi) is 5.22. The minimum absolute atomic E-state index is 0.0130. The van der Waals surface area contributed by atoms with E-state index < -0.39 is 17.9 Å². The Bertz CT molecular complexity index is 759. The minimum Gasteiger partial charge on any atom is -0.469 e. The summed E-state index contributed by atoms with van der Waals surface area (Å²) in [6, 6.07) is 10.8. The molecule has 2 N–H and O–H groups in total. The number of benzene rings is 1. The highest BCUT2D eigenvalue weighted by Crippen LogP contribution is 2.40. The smallest absolute Gasteiger partial charge is 0.338 e. The van der Waals surface area contributed by atoms with Crippen LogP contribution in [0.25, 0.3) is 0 Å². The molecule has 0 fully saturated rings.